The number of benzene rings is 2. The van der Waals surface area contributed by atoms with Crippen molar-refractivity contribution in [3.05, 3.63) is 48.0 Å². The standard InChI is InChI=1S/C21H23N3O5/c1-27-16-5-2-4-15(11-16)23-21(26)24-9-3-6-17(24)20(25)22-12-14-7-8-18-19(10-14)29-13-28-18/h2,4-5,7-8,10-11,17H,3,6,9,12-13H2,1H3,(H,22,25)(H,23,26). The molecule has 0 bridgehead atoms. The lowest BCUT2D eigenvalue weighted by Crippen LogP contribution is -2.47. The van der Waals surface area contributed by atoms with Crippen LogP contribution in [0.15, 0.2) is 42.5 Å². The van der Waals surface area contributed by atoms with Gasteiger partial charge >= 0.3 is 6.03 Å². The van der Waals surface area contributed by atoms with Crippen molar-refractivity contribution in [2.75, 3.05) is 25.8 Å². The molecule has 0 radical (unpaired) electrons. The molecule has 0 saturated carbocycles. The summed E-state index contributed by atoms with van der Waals surface area (Å²) >= 11 is 0. The van der Waals surface area contributed by atoms with Crippen LogP contribution >= 0.6 is 0 Å². The number of hydrogen-bond acceptors (Lipinski definition) is 5. The Hall–Kier alpha value is -3.42. The lowest BCUT2D eigenvalue weighted by Gasteiger charge is -2.24. The first-order chi connectivity index (χ1) is 14.1. The van der Waals surface area contributed by atoms with E-state index in [0.29, 0.717) is 42.4 Å². The molecule has 0 spiro atoms. The second-order valence-electron chi connectivity index (χ2n) is 6.92. The summed E-state index contributed by atoms with van der Waals surface area (Å²) in [7, 11) is 1.57. The molecule has 1 atom stereocenters. The summed E-state index contributed by atoms with van der Waals surface area (Å²) in [4.78, 5) is 27.0. The Morgan fingerprint density at radius 3 is 2.90 bits per heavy atom. The zero-order chi connectivity index (χ0) is 20.2. The van der Waals surface area contributed by atoms with Gasteiger partial charge in [0.25, 0.3) is 0 Å². The molecule has 2 aromatic rings. The molecule has 8 nitrogen and oxygen atoms in total. The second-order valence-corrected chi connectivity index (χ2v) is 6.92. The van der Waals surface area contributed by atoms with Crippen LogP contribution in [0.1, 0.15) is 18.4 Å². The van der Waals surface area contributed by atoms with E-state index in [4.69, 9.17) is 14.2 Å². The lowest BCUT2D eigenvalue weighted by molar-refractivity contribution is -0.124. The highest BCUT2D eigenvalue weighted by molar-refractivity contribution is 5.94. The van der Waals surface area contributed by atoms with Gasteiger partial charge in [-0.25, -0.2) is 4.79 Å². The average Bonchev–Trinajstić information content (AvgIpc) is 3.41. The van der Waals surface area contributed by atoms with Gasteiger partial charge in [0, 0.05) is 24.8 Å². The molecule has 8 heteroatoms. The van der Waals surface area contributed by atoms with E-state index in [1.54, 1.807) is 36.3 Å². The Kier molecular flexibility index (Phi) is 5.41. The van der Waals surface area contributed by atoms with Crippen LogP contribution in [-0.4, -0.2) is 43.3 Å². The molecule has 0 aromatic heterocycles. The van der Waals surface area contributed by atoms with Crippen molar-refractivity contribution >= 4 is 17.6 Å². The molecule has 1 saturated heterocycles. The van der Waals surface area contributed by atoms with Crippen molar-refractivity contribution in [2.45, 2.75) is 25.4 Å². The third kappa shape index (κ3) is 4.21. The predicted molar refractivity (Wildman–Crippen MR) is 106 cm³/mol. The summed E-state index contributed by atoms with van der Waals surface area (Å²) in [6.45, 7) is 1.11. The smallest absolute Gasteiger partial charge is 0.322 e. The number of urea groups is 1. The van der Waals surface area contributed by atoms with E-state index in [2.05, 4.69) is 10.6 Å². The number of amides is 3. The molecular weight excluding hydrogens is 374 g/mol. The first-order valence-corrected chi connectivity index (χ1v) is 9.52. The third-order valence-corrected chi connectivity index (χ3v) is 5.04. The van der Waals surface area contributed by atoms with Crippen LogP contribution in [0.5, 0.6) is 17.2 Å². The molecule has 29 heavy (non-hydrogen) atoms. The number of anilines is 1. The van der Waals surface area contributed by atoms with Crippen molar-refractivity contribution in [1.29, 1.82) is 0 Å². The van der Waals surface area contributed by atoms with Crippen LogP contribution < -0.4 is 24.8 Å². The molecule has 2 N–H and O–H groups in total. The molecule has 0 aliphatic carbocycles. The number of hydrogen-bond donors (Lipinski definition) is 2. The molecule has 2 heterocycles. The summed E-state index contributed by atoms with van der Waals surface area (Å²) in [6, 6.07) is 11.9. The molecule has 2 aliphatic rings. The Labute approximate surface area is 168 Å². The Morgan fingerprint density at radius 2 is 2.03 bits per heavy atom. The largest absolute Gasteiger partial charge is 0.497 e. The summed E-state index contributed by atoms with van der Waals surface area (Å²) in [5, 5.41) is 5.76. The molecule has 1 fully saturated rings. The minimum Gasteiger partial charge on any atom is -0.497 e. The molecule has 3 amide bonds. The summed E-state index contributed by atoms with van der Waals surface area (Å²) in [6.07, 6.45) is 1.42. The number of nitrogens with zero attached hydrogens (tertiary/aromatic N) is 1. The fourth-order valence-corrected chi connectivity index (χ4v) is 3.54. The Morgan fingerprint density at radius 1 is 1.17 bits per heavy atom. The highest BCUT2D eigenvalue weighted by Crippen LogP contribution is 2.32. The number of carbonyl (C=O) groups excluding carboxylic acids is 2. The van der Waals surface area contributed by atoms with Gasteiger partial charge in [0.1, 0.15) is 11.8 Å². The summed E-state index contributed by atoms with van der Waals surface area (Å²) in [5.41, 5.74) is 1.54. The molecule has 152 valence electrons. The monoisotopic (exact) mass is 397 g/mol. The van der Waals surface area contributed by atoms with Gasteiger partial charge in [0.05, 0.1) is 7.11 Å². The zero-order valence-corrected chi connectivity index (χ0v) is 16.1. The summed E-state index contributed by atoms with van der Waals surface area (Å²) < 4.78 is 15.8. The topological polar surface area (TPSA) is 89.1 Å². The zero-order valence-electron chi connectivity index (χ0n) is 16.1. The van der Waals surface area contributed by atoms with E-state index in [-0.39, 0.29) is 18.7 Å². The highest BCUT2D eigenvalue weighted by Gasteiger charge is 2.34. The van der Waals surface area contributed by atoms with Crippen molar-refractivity contribution in [1.82, 2.24) is 10.2 Å². The second kappa shape index (κ2) is 8.30. The first kappa shape index (κ1) is 18.9. The number of nitrogens with one attached hydrogen (secondary N) is 2. The summed E-state index contributed by atoms with van der Waals surface area (Å²) in [5.74, 6) is 1.87. The number of carbonyl (C=O) groups is 2. The van der Waals surface area contributed by atoms with Gasteiger partial charge in [-0.15, -0.1) is 0 Å². The van der Waals surface area contributed by atoms with Crippen molar-refractivity contribution in [2.24, 2.45) is 0 Å². The molecule has 2 aromatic carbocycles. The highest BCUT2D eigenvalue weighted by atomic mass is 16.7. The maximum atomic E-state index is 12.7. The Bertz CT molecular complexity index is 917. The fourth-order valence-electron chi connectivity index (χ4n) is 3.54. The van der Waals surface area contributed by atoms with Gasteiger partial charge in [-0.05, 0) is 42.7 Å². The predicted octanol–water partition coefficient (Wildman–Crippen LogP) is 2.74. The van der Waals surface area contributed by atoms with Crippen LogP contribution in [-0.2, 0) is 11.3 Å². The number of ether oxygens (including phenoxy) is 3. The van der Waals surface area contributed by atoms with E-state index in [1.165, 1.54) is 0 Å². The Balaban J connectivity index is 1.35. The maximum Gasteiger partial charge on any atom is 0.322 e. The van der Waals surface area contributed by atoms with Crippen molar-refractivity contribution in [3.63, 3.8) is 0 Å². The van der Waals surface area contributed by atoms with Gasteiger partial charge in [0.2, 0.25) is 12.7 Å². The molecular formula is C21H23N3O5. The third-order valence-electron chi connectivity index (χ3n) is 5.04. The van der Waals surface area contributed by atoms with Gasteiger partial charge in [-0.2, -0.15) is 0 Å². The van der Waals surface area contributed by atoms with E-state index >= 15 is 0 Å². The normalized spacial score (nSPS) is 17.1. The number of fused-ring (bicyclic) bond motifs is 1. The van der Waals surface area contributed by atoms with E-state index in [0.717, 1.165) is 12.0 Å². The van der Waals surface area contributed by atoms with E-state index in [9.17, 15) is 9.59 Å². The van der Waals surface area contributed by atoms with Crippen LogP contribution in [0.25, 0.3) is 0 Å². The minimum atomic E-state index is -0.491. The number of rotatable bonds is 5. The van der Waals surface area contributed by atoms with Crippen molar-refractivity contribution < 1.29 is 23.8 Å². The van der Waals surface area contributed by atoms with Gasteiger partial charge in [-0.3, -0.25) is 4.79 Å². The molecule has 1 unspecified atom stereocenters. The van der Waals surface area contributed by atoms with E-state index < -0.39 is 6.04 Å². The quantitative estimate of drug-likeness (QED) is 0.810. The number of methoxy groups -OCH3 is 1. The van der Waals surface area contributed by atoms with Crippen molar-refractivity contribution in [3.8, 4) is 17.2 Å². The molecule has 4 rings (SSSR count). The molecule has 2 aliphatic heterocycles. The van der Waals surface area contributed by atoms with Crippen LogP contribution in [0.3, 0.4) is 0 Å². The lowest BCUT2D eigenvalue weighted by atomic mass is 10.1. The average molecular weight is 397 g/mol. The maximum absolute atomic E-state index is 12.7. The van der Waals surface area contributed by atoms with Gasteiger partial charge in [-0.1, -0.05) is 12.1 Å². The van der Waals surface area contributed by atoms with Gasteiger partial charge < -0.3 is 29.7 Å². The first-order valence-electron chi connectivity index (χ1n) is 9.52. The van der Waals surface area contributed by atoms with Crippen LogP contribution in [0, 0.1) is 0 Å². The fraction of sp³-hybridized carbons (Fsp3) is 0.333. The van der Waals surface area contributed by atoms with Crippen LogP contribution in [0.4, 0.5) is 10.5 Å². The minimum absolute atomic E-state index is 0.166. The van der Waals surface area contributed by atoms with Crippen LogP contribution in [0.2, 0.25) is 0 Å². The van der Waals surface area contributed by atoms with Gasteiger partial charge in [0.15, 0.2) is 11.5 Å². The SMILES string of the molecule is COc1cccc(NC(=O)N2CCCC2C(=O)NCc2ccc3c(c2)OCO3)c1. The number of likely N-dealkylation sites (tertiary alicyclic amines) is 1. The van der Waals surface area contributed by atoms with E-state index in [1.807, 2.05) is 18.2 Å².